The molecule has 8 heteroatoms. The van der Waals surface area contributed by atoms with Crippen molar-refractivity contribution in [1.29, 1.82) is 0 Å². The van der Waals surface area contributed by atoms with Crippen LogP contribution in [-0.2, 0) is 16.0 Å². The molecule has 0 unspecified atom stereocenters. The molecule has 1 heterocycles. The molecule has 0 radical (unpaired) electrons. The lowest BCUT2D eigenvalue weighted by Crippen LogP contribution is -2.26. The number of thioether (sulfide) groups is 1. The second-order valence-electron chi connectivity index (χ2n) is 5.45. The molecule has 0 spiro atoms. The van der Waals surface area contributed by atoms with Crippen LogP contribution in [0.25, 0.3) is 0 Å². The molecule has 6 nitrogen and oxygen atoms in total. The van der Waals surface area contributed by atoms with Crippen LogP contribution in [0.1, 0.15) is 24.5 Å². The van der Waals surface area contributed by atoms with Crippen molar-refractivity contribution in [3.05, 3.63) is 29.3 Å². The zero-order valence-corrected chi connectivity index (χ0v) is 16.4. The number of aromatic nitrogens is 2. The van der Waals surface area contributed by atoms with Crippen molar-refractivity contribution < 1.29 is 9.53 Å². The van der Waals surface area contributed by atoms with Gasteiger partial charge in [-0.3, -0.25) is 4.79 Å². The lowest BCUT2D eigenvalue weighted by Gasteiger charge is -2.11. The molecule has 1 amide bonds. The van der Waals surface area contributed by atoms with E-state index >= 15 is 0 Å². The van der Waals surface area contributed by atoms with E-state index in [0.717, 1.165) is 28.0 Å². The Morgan fingerprint density at radius 3 is 2.96 bits per heavy atom. The van der Waals surface area contributed by atoms with Crippen LogP contribution in [0.5, 0.6) is 0 Å². The second kappa shape index (κ2) is 10.4. The standard InChI is InChI=1S/C17H24N4O2S2/c1-4-13-8-5-7-12(2)15(13)19-16-20-21-17(25-16)24-11-14(22)18-9-6-10-23-3/h5,7-8H,4,6,9-11H2,1-3H3,(H,18,22)(H,19,20). The third-order valence-electron chi connectivity index (χ3n) is 3.55. The van der Waals surface area contributed by atoms with Crippen LogP contribution in [0.15, 0.2) is 22.5 Å². The Labute approximate surface area is 156 Å². The molecular formula is C17H24N4O2S2. The van der Waals surface area contributed by atoms with Gasteiger partial charge in [-0.2, -0.15) is 0 Å². The molecule has 25 heavy (non-hydrogen) atoms. The monoisotopic (exact) mass is 380 g/mol. The zero-order chi connectivity index (χ0) is 18.1. The predicted molar refractivity (Wildman–Crippen MR) is 104 cm³/mol. The predicted octanol–water partition coefficient (Wildman–Crippen LogP) is 3.40. The highest BCUT2D eigenvalue weighted by Crippen LogP contribution is 2.30. The van der Waals surface area contributed by atoms with Gasteiger partial charge in [-0.25, -0.2) is 0 Å². The number of nitrogens with one attached hydrogen (secondary N) is 2. The van der Waals surface area contributed by atoms with E-state index in [1.54, 1.807) is 7.11 Å². The smallest absolute Gasteiger partial charge is 0.230 e. The third-order valence-corrected chi connectivity index (χ3v) is 5.52. The van der Waals surface area contributed by atoms with E-state index in [0.29, 0.717) is 18.9 Å². The summed E-state index contributed by atoms with van der Waals surface area (Å²) in [5.74, 6) is 0.338. The first-order valence-electron chi connectivity index (χ1n) is 8.21. The highest BCUT2D eigenvalue weighted by molar-refractivity contribution is 8.01. The van der Waals surface area contributed by atoms with E-state index in [2.05, 4.69) is 52.9 Å². The maximum absolute atomic E-state index is 11.8. The fourth-order valence-electron chi connectivity index (χ4n) is 2.25. The van der Waals surface area contributed by atoms with Gasteiger partial charge in [0.05, 0.1) is 5.75 Å². The molecule has 0 aliphatic rings. The van der Waals surface area contributed by atoms with Gasteiger partial charge >= 0.3 is 0 Å². The van der Waals surface area contributed by atoms with Gasteiger partial charge in [-0.15, -0.1) is 10.2 Å². The van der Waals surface area contributed by atoms with E-state index in [1.165, 1.54) is 34.2 Å². The van der Waals surface area contributed by atoms with Crippen molar-refractivity contribution >= 4 is 39.8 Å². The summed E-state index contributed by atoms with van der Waals surface area (Å²) in [6.07, 6.45) is 1.77. The Morgan fingerprint density at radius 2 is 2.20 bits per heavy atom. The Hall–Kier alpha value is -1.64. The summed E-state index contributed by atoms with van der Waals surface area (Å²) in [5.41, 5.74) is 3.52. The number of amides is 1. The van der Waals surface area contributed by atoms with Gasteiger partial charge in [-0.1, -0.05) is 48.2 Å². The number of methoxy groups -OCH3 is 1. The van der Waals surface area contributed by atoms with E-state index in [-0.39, 0.29) is 5.91 Å². The van der Waals surface area contributed by atoms with Gasteiger partial charge in [-0.05, 0) is 30.9 Å². The summed E-state index contributed by atoms with van der Waals surface area (Å²) in [4.78, 5) is 11.8. The van der Waals surface area contributed by atoms with Crippen molar-refractivity contribution in [2.45, 2.75) is 31.0 Å². The number of rotatable bonds is 10. The SMILES string of the molecule is CCc1cccc(C)c1Nc1nnc(SCC(=O)NCCCOC)s1. The van der Waals surface area contributed by atoms with Crippen molar-refractivity contribution in [2.75, 3.05) is 31.3 Å². The molecule has 0 saturated carbocycles. The summed E-state index contributed by atoms with van der Waals surface area (Å²) in [6.45, 7) is 5.49. The van der Waals surface area contributed by atoms with E-state index in [9.17, 15) is 4.79 Å². The van der Waals surface area contributed by atoms with Gasteiger partial charge in [0, 0.05) is 25.9 Å². The lowest BCUT2D eigenvalue weighted by atomic mass is 10.1. The number of anilines is 2. The minimum Gasteiger partial charge on any atom is -0.385 e. The minimum absolute atomic E-state index is 0.00187. The van der Waals surface area contributed by atoms with Crippen LogP contribution in [0.3, 0.4) is 0 Å². The molecule has 136 valence electrons. The van der Waals surface area contributed by atoms with Crippen molar-refractivity contribution in [2.24, 2.45) is 0 Å². The Kier molecular flexibility index (Phi) is 8.17. The number of para-hydroxylation sites is 1. The maximum atomic E-state index is 11.8. The zero-order valence-electron chi connectivity index (χ0n) is 14.8. The quantitative estimate of drug-likeness (QED) is 0.486. The summed E-state index contributed by atoms with van der Waals surface area (Å²) in [7, 11) is 1.65. The van der Waals surface area contributed by atoms with Gasteiger partial charge in [0.25, 0.3) is 0 Å². The number of hydrogen-bond acceptors (Lipinski definition) is 7. The summed E-state index contributed by atoms with van der Waals surface area (Å²) in [5, 5.41) is 15.3. The van der Waals surface area contributed by atoms with Crippen LogP contribution in [0.2, 0.25) is 0 Å². The van der Waals surface area contributed by atoms with Crippen LogP contribution < -0.4 is 10.6 Å². The molecule has 0 saturated heterocycles. The van der Waals surface area contributed by atoms with Gasteiger partial charge in [0.2, 0.25) is 11.0 Å². The average Bonchev–Trinajstić information content (AvgIpc) is 3.06. The normalized spacial score (nSPS) is 10.7. The van der Waals surface area contributed by atoms with Crippen molar-refractivity contribution in [1.82, 2.24) is 15.5 Å². The first-order chi connectivity index (χ1) is 12.1. The first-order valence-corrected chi connectivity index (χ1v) is 10.0. The molecule has 1 aromatic carbocycles. The van der Waals surface area contributed by atoms with E-state index in [4.69, 9.17) is 4.74 Å². The molecule has 2 aromatic rings. The average molecular weight is 381 g/mol. The second-order valence-corrected chi connectivity index (χ2v) is 7.65. The summed E-state index contributed by atoms with van der Waals surface area (Å²) >= 11 is 2.86. The molecule has 0 aliphatic heterocycles. The van der Waals surface area contributed by atoms with Crippen LogP contribution in [-0.4, -0.2) is 42.1 Å². The minimum atomic E-state index is -0.00187. The molecule has 0 atom stereocenters. The molecule has 2 N–H and O–H groups in total. The highest BCUT2D eigenvalue weighted by Gasteiger charge is 2.10. The highest BCUT2D eigenvalue weighted by atomic mass is 32.2. The Bertz CT molecular complexity index is 691. The van der Waals surface area contributed by atoms with Crippen molar-refractivity contribution in [3.63, 3.8) is 0 Å². The molecular weight excluding hydrogens is 356 g/mol. The maximum Gasteiger partial charge on any atom is 0.230 e. The number of aryl methyl sites for hydroxylation is 2. The largest absolute Gasteiger partial charge is 0.385 e. The van der Waals surface area contributed by atoms with Crippen LogP contribution in [0, 0.1) is 6.92 Å². The van der Waals surface area contributed by atoms with Gasteiger partial charge in [0.15, 0.2) is 4.34 Å². The van der Waals surface area contributed by atoms with E-state index < -0.39 is 0 Å². The number of benzene rings is 1. The molecule has 0 aliphatic carbocycles. The lowest BCUT2D eigenvalue weighted by molar-refractivity contribution is -0.118. The topological polar surface area (TPSA) is 76.1 Å². The molecule has 2 rings (SSSR count). The molecule has 0 fully saturated rings. The summed E-state index contributed by atoms with van der Waals surface area (Å²) in [6, 6.07) is 6.25. The number of hydrogen-bond donors (Lipinski definition) is 2. The van der Waals surface area contributed by atoms with Gasteiger partial charge in [0.1, 0.15) is 0 Å². The van der Waals surface area contributed by atoms with Crippen molar-refractivity contribution in [3.8, 4) is 0 Å². The molecule has 0 bridgehead atoms. The fraction of sp³-hybridized carbons (Fsp3) is 0.471. The van der Waals surface area contributed by atoms with Crippen LogP contribution in [0.4, 0.5) is 10.8 Å². The van der Waals surface area contributed by atoms with E-state index in [1.807, 2.05) is 0 Å². The fourth-order valence-corrected chi connectivity index (χ4v) is 3.84. The Morgan fingerprint density at radius 1 is 1.36 bits per heavy atom. The number of ether oxygens (including phenoxy) is 1. The van der Waals surface area contributed by atoms with Gasteiger partial charge < -0.3 is 15.4 Å². The Balaban J connectivity index is 1.85. The number of carbonyl (C=O) groups is 1. The van der Waals surface area contributed by atoms with Crippen LogP contribution >= 0.6 is 23.1 Å². The number of carbonyl (C=O) groups excluding carboxylic acids is 1. The summed E-state index contributed by atoms with van der Waals surface area (Å²) < 4.78 is 5.73. The number of nitrogens with zero attached hydrogens (tertiary/aromatic N) is 2. The molecule has 1 aromatic heterocycles. The third kappa shape index (κ3) is 6.30. The first kappa shape index (κ1) is 19.7.